The normalized spacial score (nSPS) is 14.2. The zero-order valence-electron chi connectivity index (χ0n) is 18.4. The Balaban J connectivity index is 1.44. The van der Waals surface area contributed by atoms with Crippen molar-refractivity contribution >= 4 is 61.5 Å². The molecule has 3 aromatic rings. The summed E-state index contributed by atoms with van der Waals surface area (Å²) in [6.45, 7) is -0.379. The number of rotatable bonds is 7. The van der Waals surface area contributed by atoms with Crippen molar-refractivity contribution in [3.8, 4) is 5.75 Å². The summed E-state index contributed by atoms with van der Waals surface area (Å²) >= 11 is 6.86. The van der Waals surface area contributed by atoms with Crippen LogP contribution in [0, 0.1) is 11.6 Å². The minimum atomic E-state index is -0.771. The van der Waals surface area contributed by atoms with Gasteiger partial charge in [0, 0.05) is 0 Å². The average Bonchev–Trinajstić information content (AvgIpc) is 3.08. The second-order valence-corrected chi connectivity index (χ2v) is 9.34. The Hall–Kier alpha value is -3.57. The number of para-hydroxylation sites is 1. The van der Waals surface area contributed by atoms with Crippen molar-refractivity contribution in [3.05, 3.63) is 98.1 Å². The van der Waals surface area contributed by atoms with E-state index < -0.39 is 30.2 Å². The fraction of sp³-hybridized carbons (Fsp3) is 0.0800. The van der Waals surface area contributed by atoms with E-state index in [4.69, 9.17) is 4.74 Å². The molecule has 4 rings (SSSR count). The van der Waals surface area contributed by atoms with Gasteiger partial charge in [-0.15, -0.1) is 0 Å². The van der Waals surface area contributed by atoms with Gasteiger partial charge in [0.25, 0.3) is 5.91 Å². The number of nitrogens with zero attached hydrogens (tertiary/aromatic N) is 1. The lowest BCUT2D eigenvalue weighted by atomic mass is 10.2. The van der Waals surface area contributed by atoms with Gasteiger partial charge >= 0.3 is 6.03 Å². The third kappa shape index (κ3) is 5.97. The quantitative estimate of drug-likeness (QED) is 0.266. The number of carbonyl (C=O) groups excluding carboxylic acids is 3. The second kappa shape index (κ2) is 11.0. The Morgan fingerprint density at radius 3 is 2.36 bits per heavy atom. The third-order valence-electron chi connectivity index (χ3n) is 5.04. The molecule has 0 spiro atoms. The molecule has 4 amide bonds. The largest absolute Gasteiger partial charge is 0.487 e. The average molecular weight is 621 g/mol. The maximum absolute atomic E-state index is 13.8. The van der Waals surface area contributed by atoms with Crippen molar-refractivity contribution in [1.82, 2.24) is 10.2 Å². The Kier molecular flexibility index (Phi) is 7.80. The van der Waals surface area contributed by atoms with Gasteiger partial charge in [-0.1, -0.05) is 24.3 Å². The molecule has 0 unspecified atom stereocenters. The van der Waals surface area contributed by atoms with Crippen LogP contribution in [0.3, 0.4) is 0 Å². The van der Waals surface area contributed by atoms with E-state index in [2.05, 4.69) is 42.5 Å². The van der Waals surface area contributed by atoms with E-state index in [1.54, 1.807) is 30.3 Å². The Labute approximate surface area is 221 Å². The van der Waals surface area contributed by atoms with Crippen LogP contribution in [-0.2, 0) is 16.2 Å². The van der Waals surface area contributed by atoms with Crippen molar-refractivity contribution in [2.45, 2.75) is 6.61 Å². The zero-order chi connectivity index (χ0) is 25.8. The van der Waals surface area contributed by atoms with Gasteiger partial charge < -0.3 is 15.4 Å². The first-order chi connectivity index (χ1) is 17.2. The fourth-order valence-corrected chi connectivity index (χ4v) is 4.77. The minimum Gasteiger partial charge on any atom is -0.487 e. The summed E-state index contributed by atoms with van der Waals surface area (Å²) in [7, 11) is 0. The van der Waals surface area contributed by atoms with Gasteiger partial charge in [0.1, 0.15) is 36.2 Å². The van der Waals surface area contributed by atoms with Crippen LogP contribution < -0.4 is 15.4 Å². The van der Waals surface area contributed by atoms with Gasteiger partial charge in [0.05, 0.1) is 14.6 Å². The molecule has 3 aromatic carbocycles. The van der Waals surface area contributed by atoms with Gasteiger partial charge in [0.15, 0.2) is 0 Å². The van der Waals surface area contributed by atoms with E-state index in [1.807, 2.05) is 0 Å². The summed E-state index contributed by atoms with van der Waals surface area (Å²) in [5.41, 5.74) is 1.25. The van der Waals surface area contributed by atoms with E-state index in [1.165, 1.54) is 36.4 Å². The highest BCUT2D eigenvalue weighted by Crippen LogP contribution is 2.36. The van der Waals surface area contributed by atoms with Crippen LogP contribution in [0.4, 0.5) is 19.3 Å². The molecule has 1 saturated heterocycles. The van der Waals surface area contributed by atoms with Crippen molar-refractivity contribution in [2.75, 3.05) is 11.9 Å². The van der Waals surface area contributed by atoms with Crippen molar-refractivity contribution in [3.63, 3.8) is 0 Å². The van der Waals surface area contributed by atoms with Gasteiger partial charge in [-0.25, -0.2) is 18.5 Å². The molecule has 1 fully saturated rings. The monoisotopic (exact) mass is 619 g/mol. The van der Waals surface area contributed by atoms with Crippen molar-refractivity contribution < 1.29 is 27.9 Å². The molecule has 1 aliphatic heterocycles. The molecule has 7 nitrogen and oxygen atoms in total. The van der Waals surface area contributed by atoms with E-state index in [0.29, 0.717) is 20.3 Å². The Morgan fingerprint density at radius 2 is 1.69 bits per heavy atom. The molecular formula is C25H17Br2F2N3O4. The van der Waals surface area contributed by atoms with Crippen LogP contribution in [0.2, 0.25) is 0 Å². The lowest BCUT2D eigenvalue weighted by molar-refractivity contribution is -0.127. The van der Waals surface area contributed by atoms with Gasteiger partial charge in [-0.05, 0) is 85.5 Å². The lowest BCUT2D eigenvalue weighted by Gasteiger charge is -2.12. The summed E-state index contributed by atoms with van der Waals surface area (Å²) in [5.74, 6) is -1.90. The van der Waals surface area contributed by atoms with Crippen LogP contribution in [0.15, 0.2) is 75.3 Å². The number of amides is 4. The molecular weight excluding hydrogens is 604 g/mol. The molecule has 11 heteroatoms. The molecule has 0 radical (unpaired) electrons. The maximum atomic E-state index is 13.8. The number of hydrogen-bond acceptors (Lipinski definition) is 4. The molecule has 0 aliphatic carbocycles. The number of halogens is 4. The highest BCUT2D eigenvalue weighted by molar-refractivity contribution is 9.11. The van der Waals surface area contributed by atoms with Gasteiger partial charge in [0.2, 0.25) is 5.91 Å². The first-order valence-electron chi connectivity index (χ1n) is 10.5. The minimum absolute atomic E-state index is 0.0301. The number of benzene rings is 3. The van der Waals surface area contributed by atoms with Gasteiger partial charge in [-0.3, -0.25) is 9.59 Å². The summed E-state index contributed by atoms with van der Waals surface area (Å²) in [6.07, 6.45) is 1.45. The molecule has 0 atom stereocenters. The second-order valence-electron chi connectivity index (χ2n) is 7.64. The smallest absolute Gasteiger partial charge is 0.329 e. The van der Waals surface area contributed by atoms with E-state index in [-0.39, 0.29) is 23.8 Å². The summed E-state index contributed by atoms with van der Waals surface area (Å²) in [4.78, 5) is 38.0. The predicted molar refractivity (Wildman–Crippen MR) is 136 cm³/mol. The molecule has 36 heavy (non-hydrogen) atoms. The molecule has 0 aromatic heterocycles. The fourth-order valence-electron chi connectivity index (χ4n) is 3.31. The number of carbonyl (C=O) groups is 3. The third-order valence-corrected chi connectivity index (χ3v) is 6.22. The highest BCUT2D eigenvalue weighted by atomic mass is 79.9. The number of imide groups is 1. The lowest BCUT2D eigenvalue weighted by Crippen LogP contribution is -2.38. The van der Waals surface area contributed by atoms with E-state index in [9.17, 15) is 23.2 Å². The first-order valence-corrected chi connectivity index (χ1v) is 12.0. The standard InChI is InChI=1S/C25H17Br2F2N3O4/c26-17-9-15(10-18(27)23(17)36-13-14-5-7-16(28)8-6-14)11-21-24(34)32(25(35)31-21)12-22(33)30-20-4-2-1-3-19(20)29/h1-11H,12-13H2,(H,30,33)(H,31,35)/b21-11+. The molecule has 2 N–H and O–H groups in total. The molecule has 0 bridgehead atoms. The predicted octanol–water partition coefficient (Wildman–Crippen LogP) is 5.60. The molecule has 1 heterocycles. The summed E-state index contributed by atoms with van der Waals surface area (Å²) in [5, 5.41) is 4.78. The van der Waals surface area contributed by atoms with Crippen LogP contribution in [0.5, 0.6) is 5.75 Å². The summed E-state index contributed by atoms with van der Waals surface area (Å²) < 4.78 is 33.8. The van der Waals surface area contributed by atoms with Crippen LogP contribution in [0.1, 0.15) is 11.1 Å². The van der Waals surface area contributed by atoms with Crippen LogP contribution >= 0.6 is 31.9 Å². The number of anilines is 1. The molecule has 1 aliphatic rings. The van der Waals surface area contributed by atoms with Crippen LogP contribution in [-0.4, -0.2) is 29.3 Å². The molecule has 184 valence electrons. The topological polar surface area (TPSA) is 87.7 Å². The van der Waals surface area contributed by atoms with Crippen molar-refractivity contribution in [1.29, 1.82) is 0 Å². The number of ether oxygens (including phenoxy) is 1. The Bertz CT molecular complexity index is 1360. The molecule has 0 saturated carbocycles. The number of urea groups is 1. The highest BCUT2D eigenvalue weighted by Gasteiger charge is 2.35. The van der Waals surface area contributed by atoms with E-state index >= 15 is 0 Å². The summed E-state index contributed by atoms with van der Waals surface area (Å²) in [6, 6.07) is 14.1. The van der Waals surface area contributed by atoms with Crippen molar-refractivity contribution in [2.24, 2.45) is 0 Å². The Morgan fingerprint density at radius 1 is 1.03 bits per heavy atom. The van der Waals surface area contributed by atoms with Crippen LogP contribution in [0.25, 0.3) is 6.08 Å². The van der Waals surface area contributed by atoms with E-state index in [0.717, 1.165) is 10.5 Å². The number of nitrogens with one attached hydrogen (secondary N) is 2. The maximum Gasteiger partial charge on any atom is 0.329 e. The van der Waals surface area contributed by atoms with Gasteiger partial charge in [-0.2, -0.15) is 0 Å². The first kappa shape index (κ1) is 25.5. The SMILES string of the molecule is O=C(CN1C(=O)N/C(=C/c2cc(Br)c(OCc3ccc(F)cc3)c(Br)c2)C1=O)Nc1ccccc1F. The zero-order valence-corrected chi connectivity index (χ0v) is 21.5. The number of hydrogen-bond donors (Lipinski definition) is 2.